The SMILES string of the molecule is Cc1nnc(NC(=O)c2ccc(Cl)cc2NCCC(=O)O)s1. The van der Waals surface area contributed by atoms with Crippen molar-refractivity contribution in [2.24, 2.45) is 0 Å². The van der Waals surface area contributed by atoms with Crippen LogP contribution in [0, 0.1) is 6.92 Å². The van der Waals surface area contributed by atoms with Gasteiger partial charge in [-0.3, -0.25) is 14.9 Å². The molecule has 0 aliphatic rings. The standard InChI is InChI=1S/C13H13ClN4O3S/c1-7-17-18-13(22-7)16-12(21)9-3-2-8(14)6-10(9)15-5-4-11(19)20/h2-3,6,15H,4-5H2,1H3,(H,19,20)(H,16,18,21). The highest BCUT2D eigenvalue weighted by molar-refractivity contribution is 7.15. The summed E-state index contributed by atoms with van der Waals surface area (Å²) in [7, 11) is 0. The van der Waals surface area contributed by atoms with Crippen molar-refractivity contribution in [3.63, 3.8) is 0 Å². The molecule has 0 aliphatic carbocycles. The summed E-state index contributed by atoms with van der Waals surface area (Å²) in [5, 5.41) is 23.4. The third-order valence-electron chi connectivity index (χ3n) is 2.63. The number of anilines is 2. The van der Waals surface area contributed by atoms with Crippen molar-refractivity contribution in [2.45, 2.75) is 13.3 Å². The first kappa shape index (κ1) is 16.2. The maximum atomic E-state index is 12.3. The number of aromatic nitrogens is 2. The molecule has 9 heteroatoms. The Hall–Kier alpha value is -2.19. The maximum Gasteiger partial charge on any atom is 0.305 e. The second-order valence-corrected chi connectivity index (χ2v) is 5.96. The van der Waals surface area contributed by atoms with E-state index in [0.29, 0.717) is 21.4 Å². The Bertz CT molecular complexity index is 704. The molecule has 22 heavy (non-hydrogen) atoms. The van der Waals surface area contributed by atoms with Gasteiger partial charge in [-0.2, -0.15) is 0 Å². The number of hydrogen-bond acceptors (Lipinski definition) is 6. The van der Waals surface area contributed by atoms with Gasteiger partial charge in [-0.25, -0.2) is 0 Å². The van der Waals surface area contributed by atoms with Crippen LogP contribution in [0.5, 0.6) is 0 Å². The number of amides is 1. The van der Waals surface area contributed by atoms with Crippen LogP contribution in [-0.4, -0.2) is 33.7 Å². The summed E-state index contributed by atoms with van der Waals surface area (Å²) in [6, 6.07) is 4.72. The van der Waals surface area contributed by atoms with Crippen LogP contribution >= 0.6 is 22.9 Å². The van der Waals surface area contributed by atoms with Gasteiger partial charge in [-0.15, -0.1) is 10.2 Å². The molecule has 0 atom stereocenters. The maximum absolute atomic E-state index is 12.3. The number of halogens is 1. The zero-order valence-corrected chi connectivity index (χ0v) is 13.2. The first-order valence-electron chi connectivity index (χ1n) is 6.32. The van der Waals surface area contributed by atoms with Crippen LogP contribution in [0.25, 0.3) is 0 Å². The second-order valence-electron chi connectivity index (χ2n) is 4.34. The van der Waals surface area contributed by atoms with Crippen LogP contribution < -0.4 is 10.6 Å². The Morgan fingerprint density at radius 3 is 2.77 bits per heavy atom. The highest BCUT2D eigenvalue weighted by Crippen LogP contribution is 2.23. The molecule has 0 saturated heterocycles. The molecule has 0 fully saturated rings. The van der Waals surface area contributed by atoms with E-state index in [9.17, 15) is 9.59 Å². The van der Waals surface area contributed by atoms with Gasteiger partial charge < -0.3 is 10.4 Å². The Kier molecular flexibility index (Phi) is 5.29. The summed E-state index contributed by atoms with van der Waals surface area (Å²) in [4.78, 5) is 22.8. The average Bonchev–Trinajstić information content (AvgIpc) is 2.83. The summed E-state index contributed by atoms with van der Waals surface area (Å²) in [5.41, 5.74) is 0.815. The Balaban J connectivity index is 2.14. The van der Waals surface area contributed by atoms with Crippen LogP contribution in [0.3, 0.4) is 0 Å². The van der Waals surface area contributed by atoms with E-state index in [4.69, 9.17) is 16.7 Å². The van der Waals surface area contributed by atoms with Crippen molar-refractivity contribution in [2.75, 3.05) is 17.2 Å². The normalized spacial score (nSPS) is 10.3. The van der Waals surface area contributed by atoms with Crippen molar-refractivity contribution in [3.05, 3.63) is 33.8 Å². The minimum Gasteiger partial charge on any atom is -0.481 e. The number of nitrogens with zero attached hydrogens (tertiary/aromatic N) is 2. The highest BCUT2D eigenvalue weighted by Gasteiger charge is 2.14. The number of aliphatic carboxylic acids is 1. The lowest BCUT2D eigenvalue weighted by Gasteiger charge is -2.11. The van der Waals surface area contributed by atoms with Crippen molar-refractivity contribution < 1.29 is 14.7 Å². The van der Waals surface area contributed by atoms with Crippen LogP contribution in [0.15, 0.2) is 18.2 Å². The first-order valence-corrected chi connectivity index (χ1v) is 7.52. The van der Waals surface area contributed by atoms with E-state index >= 15 is 0 Å². The highest BCUT2D eigenvalue weighted by atomic mass is 35.5. The first-order chi connectivity index (χ1) is 10.5. The number of carbonyl (C=O) groups excluding carboxylic acids is 1. The van der Waals surface area contributed by atoms with Gasteiger partial charge >= 0.3 is 5.97 Å². The molecule has 3 N–H and O–H groups in total. The third-order valence-corrected chi connectivity index (χ3v) is 3.62. The van der Waals surface area contributed by atoms with E-state index in [0.717, 1.165) is 5.01 Å². The fraction of sp³-hybridized carbons (Fsp3) is 0.231. The lowest BCUT2D eigenvalue weighted by atomic mass is 10.1. The lowest BCUT2D eigenvalue weighted by Crippen LogP contribution is -2.16. The molecule has 1 heterocycles. The predicted molar refractivity (Wildman–Crippen MR) is 84.8 cm³/mol. The molecule has 0 aliphatic heterocycles. The molecular formula is C13H13ClN4O3S. The van der Waals surface area contributed by atoms with Crippen LogP contribution in [0.1, 0.15) is 21.8 Å². The zero-order valence-electron chi connectivity index (χ0n) is 11.6. The third kappa shape index (κ3) is 4.40. The summed E-state index contributed by atoms with van der Waals surface area (Å²) in [5.74, 6) is -1.30. The Morgan fingerprint density at radius 2 is 2.14 bits per heavy atom. The number of rotatable bonds is 6. The molecule has 0 spiro atoms. The summed E-state index contributed by atoms with van der Waals surface area (Å²) < 4.78 is 0. The molecule has 2 aromatic rings. The summed E-state index contributed by atoms with van der Waals surface area (Å²) in [6.45, 7) is 1.97. The van der Waals surface area contributed by atoms with E-state index in [-0.39, 0.29) is 18.9 Å². The van der Waals surface area contributed by atoms with Crippen molar-refractivity contribution in [1.82, 2.24) is 10.2 Å². The number of nitrogens with one attached hydrogen (secondary N) is 2. The number of aryl methyl sites for hydroxylation is 1. The average molecular weight is 341 g/mol. The Morgan fingerprint density at radius 1 is 1.36 bits per heavy atom. The predicted octanol–water partition coefficient (Wildman–Crippen LogP) is 2.64. The molecule has 1 aromatic carbocycles. The zero-order chi connectivity index (χ0) is 16.1. The molecular weight excluding hydrogens is 328 g/mol. The fourth-order valence-corrected chi connectivity index (χ4v) is 2.44. The number of carbonyl (C=O) groups is 2. The van der Waals surface area contributed by atoms with Gasteiger partial charge in [0, 0.05) is 17.3 Å². The Labute approximate surface area is 135 Å². The van der Waals surface area contributed by atoms with Gasteiger partial charge in [-0.1, -0.05) is 22.9 Å². The summed E-state index contributed by atoms with van der Waals surface area (Å²) >= 11 is 7.18. The molecule has 116 valence electrons. The number of carboxylic acids is 1. The van der Waals surface area contributed by atoms with E-state index in [1.54, 1.807) is 25.1 Å². The van der Waals surface area contributed by atoms with Gasteiger partial charge in [0.25, 0.3) is 5.91 Å². The second kappa shape index (κ2) is 7.19. The molecule has 0 bridgehead atoms. The van der Waals surface area contributed by atoms with Crippen molar-refractivity contribution >= 4 is 45.6 Å². The molecule has 1 amide bonds. The minimum absolute atomic E-state index is 0.0663. The van der Waals surface area contributed by atoms with Gasteiger partial charge in [0.15, 0.2) is 0 Å². The molecule has 7 nitrogen and oxygen atoms in total. The number of hydrogen-bond donors (Lipinski definition) is 3. The summed E-state index contributed by atoms with van der Waals surface area (Å²) in [6.07, 6.45) is -0.0663. The van der Waals surface area contributed by atoms with Crippen molar-refractivity contribution in [3.8, 4) is 0 Å². The minimum atomic E-state index is -0.926. The van der Waals surface area contributed by atoms with E-state index < -0.39 is 5.97 Å². The van der Waals surface area contributed by atoms with E-state index in [1.807, 2.05) is 0 Å². The molecule has 1 aromatic heterocycles. The van der Waals surface area contributed by atoms with Gasteiger partial charge in [0.1, 0.15) is 5.01 Å². The van der Waals surface area contributed by atoms with Crippen LogP contribution in [-0.2, 0) is 4.79 Å². The number of carboxylic acid groups (broad SMARTS) is 1. The molecule has 2 rings (SSSR count). The van der Waals surface area contributed by atoms with E-state index in [1.165, 1.54) is 11.3 Å². The van der Waals surface area contributed by atoms with Gasteiger partial charge in [-0.05, 0) is 25.1 Å². The largest absolute Gasteiger partial charge is 0.481 e. The fourth-order valence-electron chi connectivity index (χ4n) is 1.68. The molecule has 0 radical (unpaired) electrons. The quantitative estimate of drug-likeness (QED) is 0.746. The van der Waals surface area contributed by atoms with E-state index in [2.05, 4.69) is 20.8 Å². The van der Waals surface area contributed by atoms with Crippen LogP contribution in [0.2, 0.25) is 5.02 Å². The number of benzene rings is 1. The molecule has 0 unspecified atom stereocenters. The van der Waals surface area contributed by atoms with Crippen LogP contribution in [0.4, 0.5) is 10.8 Å². The topological polar surface area (TPSA) is 104 Å². The molecule has 0 saturated carbocycles. The van der Waals surface area contributed by atoms with Crippen molar-refractivity contribution in [1.29, 1.82) is 0 Å². The lowest BCUT2D eigenvalue weighted by molar-refractivity contribution is -0.136. The van der Waals surface area contributed by atoms with Gasteiger partial charge in [0.2, 0.25) is 5.13 Å². The monoisotopic (exact) mass is 340 g/mol. The van der Waals surface area contributed by atoms with Gasteiger partial charge in [0.05, 0.1) is 12.0 Å². The smallest absolute Gasteiger partial charge is 0.305 e.